The van der Waals surface area contributed by atoms with Crippen molar-refractivity contribution in [3.8, 4) is 0 Å². The van der Waals surface area contributed by atoms with E-state index in [0.717, 1.165) is 56.2 Å². The quantitative estimate of drug-likeness (QED) is 0.500. The van der Waals surface area contributed by atoms with Crippen molar-refractivity contribution in [1.29, 1.82) is 0 Å². The van der Waals surface area contributed by atoms with Crippen LogP contribution in [0.1, 0.15) is 77.0 Å². The molecule has 2 aliphatic carbocycles. The lowest BCUT2D eigenvalue weighted by Gasteiger charge is -2.40. The summed E-state index contributed by atoms with van der Waals surface area (Å²) in [5, 5.41) is 1.05. The van der Waals surface area contributed by atoms with Crippen LogP contribution >= 0.6 is 14.3 Å². The van der Waals surface area contributed by atoms with Gasteiger partial charge in [-0.1, -0.05) is 68.9 Å². The molecule has 0 N–H and O–H groups in total. The van der Waals surface area contributed by atoms with Gasteiger partial charge in [0.2, 0.25) is 0 Å². The Hall–Kier alpha value is -0.320. The van der Waals surface area contributed by atoms with Crippen molar-refractivity contribution in [2.24, 2.45) is 0 Å². The minimum atomic E-state index is -2.40. The molecule has 2 saturated carbocycles. The van der Waals surface area contributed by atoms with E-state index < -0.39 is 14.3 Å². The summed E-state index contributed by atoms with van der Waals surface area (Å²) < 4.78 is 28.7. The van der Waals surface area contributed by atoms with Gasteiger partial charge in [0.25, 0.3) is 0 Å². The Morgan fingerprint density at radius 3 is 1.89 bits per heavy atom. The number of hydrogen-bond acceptors (Lipinski definition) is 2. The fraction of sp³-hybridized carbons (Fsp3) is 0.739. The lowest BCUT2D eigenvalue weighted by Crippen LogP contribution is -2.29. The highest BCUT2D eigenvalue weighted by Crippen LogP contribution is 2.68. The Morgan fingerprint density at radius 1 is 0.778 bits per heavy atom. The molecular weight excluding hydrogens is 370 g/mol. The first kappa shape index (κ1) is 20.0. The van der Waals surface area contributed by atoms with Crippen LogP contribution in [0.15, 0.2) is 30.3 Å². The number of rotatable bonds is 5. The number of hydrogen-bond donors (Lipinski definition) is 0. The molecule has 1 aromatic carbocycles. The van der Waals surface area contributed by atoms with Crippen LogP contribution in [0, 0.1) is 0 Å². The predicted molar refractivity (Wildman–Crippen MR) is 118 cm³/mol. The smallest absolute Gasteiger partial charge is 0.119 e. The van der Waals surface area contributed by atoms with Crippen LogP contribution < -0.4 is 5.30 Å². The highest BCUT2D eigenvalue weighted by atomic mass is 31.2. The molecule has 0 radical (unpaired) electrons. The van der Waals surface area contributed by atoms with E-state index in [1.165, 1.54) is 38.5 Å². The monoisotopic (exact) mass is 406 g/mol. The van der Waals surface area contributed by atoms with Crippen molar-refractivity contribution in [3.63, 3.8) is 0 Å². The van der Waals surface area contributed by atoms with Gasteiger partial charge in [-0.15, -0.1) is 0 Å². The third-order valence-electron chi connectivity index (χ3n) is 7.69. The molecule has 2 nitrogen and oxygen atoms in total. The predicted octanol–water partition coefficient (Wildman–Crippen LogP) is 6.87. The van der Waals surface area contributed by atoms with E-state index in [4.69, 9.17) is 0 Å². The van der Waals surface area contributed by atoms with E-state index in [9.17, 15) is 9.13 Å². The maximum Gasteiger partial charge on any atom is 0.119 e. The Bertz CT molecular complexity index is 680. The Kier molecular flexibility index (Phi) is 6.35. The lowest BCUT2D eigenvalue weighted by atomic mass is 9.99. The summed E-state index contributed by atoms with van der Waals surface area (Å²) >= 11 is 0. The van der Waals surface area contributed by atoms with Crippen molar-refractivity contribution in [2.45, 2.75) is 94.0 Å². The van der Waals surface area contributed by atoms with Crippen LogP contribution in [0.5, 0.6) is 0 Å². The maximum absolute atomic E-state index is 14.7. The Labute approximate surface area is 165 Å². The second kappa shape index (κ2) is 8.59. The molecule has 1 unspecified atom stereocenters. The Balaban J connectivity index is 1.62. The van der Waals surface area contributed by atoms with Gasteiger partial charge in [-0.05, 0) is 38.5 Å². The summed E-state index contributed by atoms with van der Waals surface area (Å²) in [5.41, 5.74) is 1.04. The van der Waals surface area contributed by atoms with E-state index in [2.05, 4.69) is 12.1 Å². The van der Waals surface area contributed by atoms with E-state index in [1.807, 2.05) is 18.2 Å². The molecule has 3 aliphatic rings. The van der Waals surface area contributed by atoms with Crippen molar-refractivity contribution < 1.29 is 9.13 Å². The highest BCUT2D eigenvalue weighted by Gasteiger charge is 2.48. The van der Waals surface area contributed by atoms with Gasteiger partial charge in [0.05, 0.1) is 7.14 Å². The molecule has 1 aromatic rings. The van der Waals surface area contributed by atoms with Gasteiger partial charge >= 0.3 is 0 Å². The summed E-state index contributed by atoms with van der Waals surface area (Å²) in [5.74, 6) is 0. The zero-order valence-corrected chi connectivity index (χ0v) is 18.5. The molecule has 4 heteroatoms. The van der Waals surface area contributed by atoms with Gasteiger partial charge in [-0.3, -0.25) is 0 Å². The lowest BCUT2D eigenvalue weighted by molar-refractivity contribution is 0.446. The molecule has 0 bridgehead atoms. The molecule has 150 valence electrons. The first-order valence-electron chi connectivity index (χ1n) is 11.4. The largest absolute Gasteiger partial charge is 0.323 e. The SMILES string of the molecule is O=P(C[C@@H]1CCCP1(=O)c1ccccc1)(C1CCCCC1)C1CCCCC1. The zero-order chi connectivity index (χ0) is 18.7. The molecule has 4 rings (SSSR count). The Morgan fingerprint density at radius 2 is 1.33 bits per heavy atom. The second-order valence-corrected chi connectivity index (χ2v) is 16.1. The van der Waals surface area contributed by atoms with Gasteiger partial charge < -0.3 is 9.13 Å². The minimum absolute atomic E-state index is 0.176. The zero-order valence-electron chi connectivity index (χ0n) is 16.7. The van der Waals surface area contributed by atoms with Crippen LogP contribution in [-0.4, -0.2) is 29.3 Å². The third kappa shape index (κ3) is 4.04. The average Bonchev–Trinajstić information content (AvgIpc) is 3.11. The molecule has 3 fully saturated rings. The standard InChI is InChI=1S/C23H36O2P2/c24-26(20-11-4-1-5-12-20)18-10-17-23(26)19-27(25,21-13-6-2-7-14-21)22-15-8-3-9-16-22/h1,4-5,11-12,21-23H,2-3,6-10,13-19H2/t23-,26?/m0/s1. The second-order valence-electron chi connectivity index (χ2n) is 9.27. The highest BCUT2D eigenvalue weighted by molar-refractivity contribution is 7.74. The summed E-state index contributed by atoms with van der Waals surface area (Å²) in [4.78, 5) is 0. The third-order valence-corrected chi connectivity index (χ3v) is 16.3. The molecule has 0 spiro atoms. The van der Waals surface area contributed by atoms with Crippen LogP contribution in [0.2, 0.25) is 0 Å². The van der Waals surface area contributed by atoms with Crippen molar-refractivity contribution >= 4 is 19.6 Å². The van der Waals surface area contributed by atoms with Crippen LogP contribution in [0.4, 0.5) is 0 Å². The van der Waals surface area contributed by atoms with Crippen LogP contribution in [0.3, 0.4) is 0 Å². The van der Waals surface area contributed by atoms with Crippen molar-refractivity contribution in [1.82, 2.24) is 0 Å². The molecule has 2 atom stereocenters. The van der Waals surface area contributed by atoms with Gasteiger partial charge in [0.1, 0.15) is 7.14 Å². The summed E-state index contributed by atoms with van der Waals surface area (Å²) in [6.45, 7) is 0. The fourth-order valence-corrected chi connectivity index (χ4v) is 15.5. The van der Waals surface area contributed by atoms with E-state index in [1.54, 1.807) is 0 Å². The summed E-state index contributed by atoms with van der Waals surface area (Å²) in [7, 11) is -4.70. The molecule has 0 amide bonds. The van der Waals surface area contributed by atoms with Gasteiger partial charge in [-0.2, -0.15) is 0 Å². The van der Waals surface area contributed by atoms with Crippen molar-refractivity contribution in [2.75, 3.05) is 12.3 Å². The van der Waals surface area contributed by atoms with Gasteiger partial charge in [0.15, 0.2) is 0 Å². The van der Waals surface area contributed by atoms with Crippen LogP contribution in [-0.2, 0) is 9.13 Å². The number of benzene rings is 1. The van der Waals surface area contributed by atoms with Gasteiger partial charge in [0, 0.05) is 34.6 Å². The van der Waals surface area contributed by atoms with E-state index in [-0.39, 0.29) is 5.66 Å². The van der Waals surface area contributed by atoms with E-state index >= 15 is 0 Å². The first-order chi connectivity index (χ1) is 13.1. The molecule has 1 saturated heterocycles. The summed E-state index contributed by atoms with van der Waals surface area (Å²) in [6, 6.07) is 10.2. The average molecular weight is 406 g/mol. The fourth-order valence-electron chi connectivity index (χ4n) is 6.16. The normalized spacial score (nSPS) is 31.2. The maximum atomic E-state index is 14.7. The minimum Gasteiger partial charge on any atom is -0.323 e. The van der Waals surface area contributed by atoms with Crippen LogP contribution in [0.25, 0.3) is 0 Å². The molecule has 1 aliphatic heterocycles. The molecule has 0 aromatic heterocycles. The molecule has 1 heterocycles. The topological polar surface area (TPSA) is 34.1 Å². The molecular formula is C23H36O2P2. The van der Waals surface area contributed by atoms with Crippen molar-refractivity contribution in [3.05, 3.63) is 30.3 Å². The van der Waals surface area contributed by atoms with E-state index in [0.29, 0.717) is 11.3 Å². The van der Waals surface area contributed by atoms with Gasteiger partial charge in [-0.25, -0.2) is 0 Å². The molecule has 27 heavy (non-hydrogen) atoms. The summed E-state index contributed by atoms with van der Waals surface area (Å²) in [6.07, 6.45) is 16.0. The first-order valence-corrected chi connectivity index (χ1v) is 15.3.